The molecule has 40 heavy (non-hydrogen) atoms. The zero-order valence-corrected chi connectivity index (χ0v) is 28.4. The van der Waals surface area contributed by atoms with E-state index < -0.39 is 0 Å². The minimum absolute atomic E-state index is 0.282. The Bertz CT molecular complexity index is 798. The molecule has 0 aliphatic rings. The second kappa shape index (κ2) is 20.4. The quantitative estimate of drug-likeness (QED) is 0.0703. The Labute approximate surface area is 256 Å². The molecule has 0 aromatic heterocycles. The van der Waals surface area contributed by atoms with Crippen molar-refractivity contribution >= 4 is 11.8 Å². The predicted octanol–water partition coefficient (Wildman–Crippen LogP) is 13.8. The Morgan fingerprint density at radius 1 is 0.625 bits per heavy atom. The summed E-state index contributed by atoms with van der Waals surface area (Å²) in [6.07, 6.45) is 25.0. The Hall–Kier alpha value is -1.47. The van der Waals surface area contributed by atoms with E-state index in [1.54, 1.807) is 0 Å². The smallest absolute Gasteiger partial charge is 0.00364 e. The zero-order chi connectivity index (χ0) is 30.7. The Morgan fingerprint density at radius 2 is 1.18 bits per heavy atom. The summed E-state index contributed by atoms with van der Waals surface area (Å²) in [6.45, 7) is 40.9. The molecule has 0 aromatic rings. The third kappa shape index (κ3) is 16.1. The van der Waals surface area contributed by atoms with Crippen LogP contribution in [-0.4, -0.2) is 5.75 Å². The number of hydrogen-bond donors (Lipinski definition) is 0. The molecule has 0 aromatic carbocycles. The average Bonchev–Trinajstić information content (AvgIpc) is 2.95. The van der Waals surface area contributed by atoms with E-state index in [-0.39, 0.29) is 5.41 Å². The Kier molecular flexibility index (Phi) is 19.7. The van der Waals surface area contributed by atoms with Crippen molar-refractivity contribution in [3.05, 3.63) is 85.9 Å². The summed E-state index contributed by atoms with van der Waals surface area (Å²) in [5.41, 5.74) is 4.70. The molecule has 0 fully saturated rings. The molecular formula is C39H66S. The van der Waals surface area contributed by atoms with Crippen LogP contribution in [0.15, 0.2) is 85.9 Å². The SMILES string of the molecule is C=CC(=C)CCC(CCCC(=C)CC)(CCCC(CC)(CCC(C)(C)CCC)CSC(=C)C=C)CCC(=C)C=C. The lowest BCUT2D eigenvalue weighted by atomic mass is 9.67. The molecule has 0 rings (SSSR count). The predicted molar refractivity (Wildman–Crippen MR) is 189 cm³/mol. The van der Waals surface area contributed by atoms with Gasteiger partial charge in [-0.25, -0.2) is 0 Å². The standard InChI is InChI=1S/C39H66S/c1-13-24-37(11,12)30-31-38(18-6,32-40-36(10)17-5)26-20-27-39(28-22-34(8)15-3,29-23-35(9)16-4)25-19-21-33(7)14-2/h15-17H,3-5,7-10,13-14,18-32H2,1-2,6,11-12H3. The van der Waals surface area contributed by atoms with Crippen molar-refractivity contribution in [3.8, 4) is 0 Å². The van der Waals surface area contributed by atoms with Crippen LogP contribution < -0.4 is 0 Å². The van der Waals surface area contributed by atoms with Crippen molar-refractivity contribution in [1.29, 1.82) is 0 Å². The van der Waals surface area contributed by atoms with Crippen LogP contribution in [0.25, 0.3) is 0 Å². The van der Waals surface area contributed by atoms with Gasteiger partial charge in [-0.15, -0.1) is 11.8 Å². The third-order valence-electron chi connectivity index (χ3n) is 9.48. The van der Waals surface area contributed by atoms with Crippen LogP contribution in [0.3, 0.4) is 0 Å². The van der Waals surface area contributed by atoms with Crippen molar-refractivity contribution in [2.75, 3.05) is 5.75 Å². The van der Waals surface area contributed by atoms with Gasteiger partial charge in [-0.1, -0.05) is 128 Å². The van der Waals surface area contributed by atoms with Crippen LogP contribution in [0.5, 0.6) is 0 Å². The molecule has 1 atom stereocenters. The number of thioether (sulfide) groups is 1. The molecule has 0 saturated carbocycles. The summed E-state index contributed by atoms with van der Waals surface area (Å²) < 4.78 is 0. The summed E-state index contributed by atoms with van der Waals surface area (Å²) in [6, 6.07) is 0. The molecule has 0 aliphatic heterocycles. The van der Waals surface area contributed by atoms with Crippen LogP contribution in [0.2, 0.25) is 0 Å². The molecule has 0 spiro atoms. The van der Waals surface area contributed by atoms with Crippen LogP contribution in [0.1, 0.15) is 137 Å². The van der Waals surface area contributed by atoms with Gasteiger partial charge in [0.1, 0.15) is 0 Å². The van der Waals surface area contributed by atoms with Gasteiger partial charge in [0.2, 0.25) is 0 Å². The van der Waals surface area contributed by atoms with Gasteiger partial charge in [-0.3, -0.25) is 0 Å². The van der Waals surface area contributed by atoms with Gasteiger partial charge in [-0.2, -0.15) is 0 Å². The molecule has 0 amide bonds. The summed E-state index contributed by atoms with van der Waals surface area (Å²) in [5, 5.41) is 0. The van der Waals surface area contributed by atoms with E-state index in [4.69, 9.17) is 0 Å². The van der Waals surface area contributed by atoms with Crippen molar-refractivity contribution in [3.63, 3.8) is 0 Å². The fraction of sp³-hybridized carbons (Fsp3) is 0.641. The van der Waals surface area contributed by atoms with Crippen LogP contribution in [0.4, 0.5) is 0 Å². The highest BCUT2D eigenvalue weighted by molar-refractivity contribution is 8.03. The van der Waals surface area contributed by atoms with Crippen molar-refractivity contribution < 1.29 is 0 Å². The van der Waals surface area contributed by atoms with Gasteiger partial charge in [0, 0.05) is 5.75 Å². The summed E-state index contributed by atoms with van der Waals surface area (Å²) >= 11 is 1.92. The molecule has 1 heteroatoms. The van der Waals surface area contributed by atoms with E-state index in [2.05, 4.69) is 80.7 Å². The highest BCUT2D eigenvalue weighted by Crippen LogP contribution is 2.47. The maximum absolute atomic E-state index is 4.30. The van der Waals surface area contributed by atoms with Crippen LogP contribution in [0, 0.1) is 16.2 Å². The summed E-state index contributed by atoms with van der Waals surface area (Å²) in [4.78, 5) is 1.10. The zero-order valence-electron chi connectivity index (χ0n) is 27.6. The monoisotopic (exact) mass is 566 g/mol. The Morgan fingerprint density at radius 3 is 1.65 bits per heavy atom. The maximum Gasteiger partial charge on any atom is 0.00364 e. The number of rotatable bonds is 27. The second-order valence-corrected chi connectivity index (χ2v) is 14.4. The molecule has 0 nitrogen and oxygen atoms in total. The van der Waals surface area contributed by atoms with Gasteiger partial charge in [-0.05, 0) is 111 Å². The van der Waals surface area contributed by atoms with Crippen LogP contribution in [-0.2, 0) is 0 Å². The molecule has 1 unspecified atom stereocenters. The van der Waals surface area contributed by atoms with E-state index in [1.165, 1.54) is 82.6 Å². The first-order chi connectivity index (χ1) is 18.9. The molecule has 0 saturated heterocycles. The first-order valence-corrected chi connectivity index (χ1v) is 17.1. The molecular weight excluding hydrogens is 500 g/mol. The van der Waals surface area contributed by atoms with Gasteiger partial charge in [0.25, 0.3) is 0 Å². The minimum Gasteiger partial charge on any atom is -0.126 e. The summed E-state index contributed by atoms with van der Waals surface area (Å²) in [7, 11) is 0. The van der Waals surface area contributed by atoms with Crippen LogP contribution >= 0.6 is 11.8 Å². The van der Waals surface area contributed by atoms with E-state index in [0.717, 1.165) is 47.5 Å². The lowest BCUT2D eigenvalue weighted by molar-refractivity contribution is 0.155. The number of allylic oxidation sites excluding steroid dienone is 6. The fourth-order valence-electron chi connectivity index (χ4n) is 5.97. The van der Waals surface area contributed by atoms with Crippen molar-refractivity contribution in [2.24, 2.45) is 16.2 Å². The van der Waals surface area contributed by atoms with Crippen molar-refractivity contribution in [2.45, 2.75) is 137 Å². The number of hydrogen-bond acceptors (Lipinski definition) is 1. The second-order valence-electron chi connectivity index (χ2n) is 13.3. The normalized spacial score (nSPS) is 13.3. The molecule has 0 radical (unpaired) electrons. The fourth-order valence-corrected chi connectivity index (χ4v) is 7.07. The van der Waals surface area contributed by atoms with Gasteiger partial charge >= 0.3 is 0 Å². The van der Waals surface area contributed by atoms with E-state index in [9.17, 15) is 0 Å². The Balaban J connectivity index is 5.99. The van der Waals surface area contributed by atoms with Crippen molar-refractivity contribution in [1.82, 2.24) is 0 Å². The van der Waals surface area contributed by atoms with Gasteiger partial charge in [0.15, 0.2) is 0 Å². The van der Waals surface area contributed by atoms with Gasteiger partial charge < -0.3 is 0 Å². The highest BCUT2D eigenvalue weighted by atomic mass is 32.2. The first-order valence-electron chi connectivity index (χ1n) is 16.1. The average molecular weight is 567 g/mol. The molecule has 228 valence electrons. The van der Waals surface area contributed by atoms with E-state index >= 15 is 0 Å². The molecule has 0 N–H and O–H groups in total. The molecule has 0 bridgehead atoms. The first kappa shape index (κ1) is 38.5. The van der Waals surface area contributed by atoms with E-state index in [0.29, 0.717) is 10.8 Å². The molecule has 0 aliphatic carbocycles. The van der Waals surface area contributed by atoms with E-state index in [1.807, 2.05) is 30.0 Å². The van der Waals surface area contributed by atoms with Gasteiger partial charge in [0.05, 0.1) is 0 Å². The topological polar surface area (TPSA) is 0 Å². The largest absolute Gasteiger partial charge is 0.126 e. The maximum atomic E-state index is 4.30. The highest BCUT2D eigenvalue weighted by Gasteiger charge is 2.34. The minimum atomic E-state index is 0.282. The molecule has 0 heterocycles. The third-order valence-corrected chi connectivity index (χ3v) is 10.8. The lowest BCUT2D eigenvalue weighted by Gasteiger charge is -2.39. The lowest BCUT2D eigenvalue weighted by Crippen LogP contribution is -2.28. The summed E-state index contributed by atoms with van der Waals surface area (Å²) in [5.74, 6) is 1.14.